The second-order valence-electron chi connectivity index (χ2n) is 4.56. The van der Waals surface area contributed by atoms with E-state index in [1.54, 1.807) is 0 Å². The minimum Gasteiger partial charge on any atom is -0.406 e. The fourth-order valence-electron chi connectivity index (χ4n) is 2.04. The molecule has 1 aliphatic heterocycles. The second kappa shape index (κ2) is 7.51. The van der Waals surface area contributed by atoms with Crippen molar-refractivity contribution in [2.75, 3.05) is 11.9 Å². The normalized spacial score (nSPS) is 18.5. The lowest BCUT2D eigenvalue weighted by Crippen LogP contribution is -2.43. The molecule has 1 heterocycles. The standard InChI is InChI=1S/C13H15F3N2O2.ClH/c14-13(15,16)20-10-6-4-9(5-7-10)18-12(19)11-3-1-2-8-17-11;/h4-7,11,17H,1-3,8H2,(H,18,19);1H/t11-;/m0./s1. The molecule has 1 aromatic rings. The molecule has 0 bridgehead atoms. The lowest BCUT2D eigenvalue weighted by Gasteiger charge is -2.22. The van der Waals surface area contributed by atoms with Crippen molar-refractivity contribution in [2.24, 2.45) is 0 Å². The van der Waals surface area contributed by atoms with Crippen LogP contribution in [0.1, 0.15) is 19.3 Å². The molecule has 4 nitrogen and oxygen atoms in total. The minimum absolute atomic E-state index is 0. The summed E-state index contributed by atoms with van der Waals surface area (Å²) in [6.07, 6.45) is -1.91. The Morgan fingerprint density at radius 1 is 1.24 bits per heavy atom. The highest BCUT2D eigenvalue weighted by Gasteiger charge is 2.31. The number of anilines is 1. The number of carbonyl (C=O) groups is 1. The van der Waals surface area contributed by atoms with Crippen LogP contribution in [0, 0.1) is 0 Å². The molecule has 0 saturated carbocycles. The highest BCUT2D eigenvalue weighted by Crippen LogP contribution is 2.24. The maximum atomic E-state index is 12.0. The highest BCUT2D eigenvalue weighted by molar-refractivity contribution is 5.94. The molecule has 1 atom stereocenters. The maximum absolute atomic E-state index is 12.0. The lowest BCUT2D eigenvalue weighted by atomic mass is 10.0. The van der Waals surface area contributed by atoms with Gasteiger partial charge in [0.1, 0.15) is 5.75 Å². The molecule has 21 heavy (non-hydrogen) atoms. The first-order valence-electron chi connectivity index (χ1n) is 6.34. The molecule has 0 unspecified atom stereocenters. The fraction of sp³-hybridized carbons (Fsp3) is 0.462. The van der Waals surface area contributed by atoms with Gasteiger partial charge in [0.05, 0.1) is 6.04 Å². The van der Waals surface area contributed by atoms with E-state index < -0.39 is 6.36 Å². The number of carbonyl (C=O) groups excluding carboxylic acids is 1. The van der Waals surface area contributed by atoms with E-state index in [0.717, 1.165) is 37.9 Å². The van der Waals surface area contributed by atoms with Gasteiger partial charge in [-0.15, -0.1) is 25.6 Å². The van der Waals surface area contributed by atoms with Gasteiger partial charge in [-0.25, -0.2) is 0 Å². The summed E-state index contributed by atoms with van der Waals surface area (Å²) in [6.45, 7) is 0.802. The van der Waals surface area contributed by atoms with E-state index in [2.05, 4.69) is 15.4 Å². The fourth-order valence-corrected chi connectivity index (χ4v) is 2.04. The van der Waals surface area contributed by atoms with E-state index >= 15 is 0 Å². The minimum atomic E-state index is -4.71. The number of alkyl halides is 3. The summed E-state index contributed by atoms with van der Waals surface area (Å²) < 4.78 is 39.7. The smallest absolute Gasteiger partial charge is 0.406 e. The number of amides is 1. The van der Waals surface area contributed by atoms with Crippen molar-refractivity contribution >= 4 is 24.0 Å². The van der Waals surface area contributed by atoms with Crippen LogP contribution in [-0.4, -0.2) is 24.9 Å². The maximum Gasteiger partial charge on any atom is 0.573 e. The Morgan fingerprint density at radius 2 is 1.90 bits per heavy atom. The van der Waals surface area contributed by atoms with Crippen molar-refractivity contribution in [3.8, 4) is 5.75 Å². The predicted molar refractivity (Wildman–Crippen MR) is 74.6 cm³/mol. The van der Waals surface area contributed by atoms with Crippen molar-refractivity contribution in [1.29, 1.82) is 0 Å². The van der Waals surface area contributed by atoms with Crippen LogP contribution in [0.4, 0.5) is 18.9 Å². The number of hydrogen-bond acceptors (Lipinski definition) is 3. The number of ether oxygens (including phenoxy) is 1. The Morgan fingerprint density at radius 3 is 2.43 bits per heavy atom. The van der Waals surface area contributed by atoms with Gasteiger partial charge in [-0.05, 0) is 43.7 Å². The van der Waals surface area contributed by atoms with E-state index in [4.69, 9.17) is 0 Å². The Balaban J connectivity index is 0.00000220. The van der Waals surface area contributed by atoms with Crippen molar-refractivity contribution in [2.45, 2.75) is 31.7 Å². The summed E-state index contributed by atoms with van der Waals surface area (Å²) in [7, 11) is 0. The van der Waals surface area contributed by atoms with E-state index in [1.807, 2.05) is 0 Å². The third-order valence-electron chi connectivity index (χ3n) is 2.98. The molecule has 0 aromatic heterocycles. The molecule has 2 N–H and O–H groups in total. The quantitative estimate of drug-likeness (QED) is 0.898. The molecule has 0 spiro atoms. The zero-order valence-electron chi connectivity index (χ0n) is 11.1. The van der Waals surface area contributed by atoms with Gasteiger partial charge in [-0.3, -0.25) is 4.79 Å². The number of piperidine rings is 1. The van der Waals surface area contributed by atoms with Crippen molar-refractivity contribution in [3.05, 3.63) is 24.3 Å². The third kappa shape index (κ3) is 5.81. The third-order valence-corrected chi connectivity index (χ3v) is 2.98. The molecule has 2 rings (SSSR count). The monoisotopic (exact) mass is 324 g/mol. The first kappa shape index (κ1) is 17.6. The van der Waals surface area contributed by atoms with E-state index in [1.165, 1.54) is 12.1 Å². The molecule has 1 aromatic carbocycles. The van der Waals surface area contributed by atoms with Crippen LogP contribution in [0.2, 0.25) is 0 Å². The van der Waals surface area contributed by atoms with Crippen LogP contribution in [0.5, 0.6) is 5.75 Å². The molecule has 1 fully saturated rings. The summed E-state index contributed by atoms with van der Waals surface area (Å²) in [5, 5.41) is 5.76. The van der Waals surface area contributed by atoms with Gasteiger partial charge in [-0.2, -0.15) is 0 Å². The first-order chi connectivity index (χ1) is 9.44. The number of rotatable bonds is 3. The van der Waals surface area contributed by atoms with Gasteiger partial charge >= 0.3 is 6.36 Å². The van der Waals surface area contributed by atoms with Crippen molar-refractivity contribution < 1.29 is 22.7 Å². The number of nitrogens with one attached hydrogen (secondary N) is 2. The molecular formula is C13H16ClF3N2O2. The van der Waals surface area contributed by atoms with E-state index in [0.29, 0.717) is 5.69 Å². The van der Waals surface area contributed by atoms with Crippen molar-refractivity contribution in [3.63, 3.8) is 0 Å². The Hall–Kier alpha value is -1.47. The van der Waals surface area contributed by atoms with Crippen LogP contribution < -0.4 is 15.4 Å². The average Bonchev–Trinajstić information content (AvgIpc) is 2.40. The number of benzene rings is 1. The summed E-state index contributed by atoms with van der Waals surface area (Å²) >= 11 is 0. The van der Waals surface area contributed by atoms with Crippen molar-refractivity contribution in [1.82, 2.24) is 5.32 Å². The molecule has 8 heteroatoms. The van der Waals surface area contributed by atoms with Gasteiger partial charge in [0, 0.05) is 5.69 Å². The second-order valence-corrected chi connectivity index (χ2v) is 4.56. The van der Waals surface area contributed by atoms with Gasteiger partial charge < -0.3 is 15.4 Å². The number of halogens is 4. The molecular weight excluding hydrogens is 309 g/mol. The van der Waals surface area contributed by atoms with E-state index in [9.17, 15) is 18.0 Å². The summed E-state index contributed by atoms with van der Waals surface area (Å²) in [5.41, 5.74) is 0.442. The molecule has 118 valence electrons. The summed E-state index contributed by atoms with van der Waals surface area (Å²) in [5.74, 6) is -0.486. The zero-order valence-corrected chi connectivity index (χ0v) is 11.9. The van der Waals surface area contributed by atoms with Crippen LogP contribution >= 0.6 is 12.4 Å². The molecule has 0 aliphatic carbocycles. The largest absolute Gasteiger partial charge is 0.573 e. The molecule has 0 radical (unpaired) electrons. The Labute approximate surface area is 126 Å². The molecule has 1 aliphatic rings. The highest BCUT2D eigenvalue weighted by atomic mass is 35.5. The van der Waals surface area contributed by atoms with Crippen LogP contribution in [0.3, 0.4) is 0 Å². The Kier molecular flexibility index (Phi) is 6.29. The number of hydrogen-bond donors (Lipinski definition) is 2. The lowest BCUT2D eigenvalue weighted by molar-refractivity contribution is -0.274. The average molecular weight is 325 g/mol. The SMILES string of the molecule is Cl.O=C(Nc1ccc(OC(F)(F)F)cc1)[C@@H]1CCCCN1. The summed E-state index contributed by atoms with van der Waals surface area (Å²) in [4.78, 5) is 11.9. The Bertz CT molecular complexity index is 459. The topological polar surface area (TPSA) is 50.4 Å². The zero-order chi connectivity index (χ0) is 14.6. The predicted octanol–water partition coefficient (Wildman–Crippen LogP) is 3.09. The molecule has 1 amide bonds. The van der Waals surface area contributed by atoms with Gasteiger partial charge in [0.2, 0.25) is 5.91 Å². The van der Waals surface area contributed by atoms with Crippen LogP contribution in [0.25, 0.3) is 0 Å². The first-order valence-corrected chi connectivity index (χ1v) is 6.34. The van der Waals surface area contributed by atoms with Gasteiger partial charge in [-0.1, -0.05) is 6.42 Å². The van der Waals surface area contributed by atoms with Crippen LogP contribution in [0.15, 0.2) is 24.3 Å². The van der Waals surface area contributed by atoms with E-state index in [-0.39, 0.29) is 30.1 Å². The van der Waals surface area contributed by atoms with Gasteiger partial charge in [0.15, 0.2) is 0 Å². The molecule has 1 saturated heterocycles. The summed E-state index contributed by atoms with van der Waals surface area (Å²) in [6, 6.07) is 4.84. The van der Waals surface area contributed by atoms with Gasteiger partial charge in [0.25, 0.3) is 0 Å². The van der Waals surface area contributed by atoms with Crippen LogP contribution in [-0.2, 0) is 4.79 Å².